The first-order valence-corrected chi connectivity index (χ1v) is 9.52. The third-order valence-electron chi connectivity index (χ3n) is 5.05. The molecule has 170 valence electrons. The lowest BCUT2D eigenvalue weighted by atomic mass is 10.1. The van der Waals surface area contributed by atoms with Crippen molar-refractivity contribution in [3.8, 4) is 5.69 Å². The van der Waals surface area contributed by atoms with Crippen molar-refractivity contribution in [1.29, 1.82) is 0 Å². The van der Waals surface area contributed by atoms with E-state index in [0.717, 1.165) is 24.3 Å². The molecule has 10 heteroatoms. The first kappa shape index (κ1) is 22.4. The Morgan fingerprint density at radius 1 is 0.848 bits per heavy atom. The van der Waals surface area contributed by atoms with E-state index < -0.39 is 29.4 Å². The van der Waals surface area contributed by atoms with Gasteiger partial charge in [0.1, 0.15) is 5.82 Å². The predicted molar refractivity (Wildman–Crippen MR) is 107 cm³/mol. The van der Waals surface area contributed by atoms with E-state index in [9.17, 15) is 36.2 Å². The number of carboxylic acid groups (broad SMARTS) is 1. The predicted octanol–water partition coefficient (Wildman–Crippen LogP) is 6.35. The van der Waals surface area contributed by atoms with Crippen molar-refractivity contribution in [2.45, 2.75) is 18.8 Å². The van der Waals surface area contributed by atoms with Gasteiger partial charge in [-0.25, -0.2) is 9.78 Å². The van der Waals surface area contributed by atoms with Crippen LogP contribution in [-0.2, 0) is 18.8 Å². The SMILES string of the molecule is O=C(O)c1cccc(-n2c(Cc3ccc(C(F)(F)F)cc3)nc3cc(C(F)(F)F)ccc32)c1. The normalized spacial score (nSPS) is 12.3. The van der Waals surface area contributed by atoms with Gasteiger partial charge in [0.2, 0.25) is 0 Å². The molecule has 0 fully saturated rings. The van der Waals surface area contributed by atoms with Crippen LogP contribution in [0.15, 0.2) is 66.7 Å². The maximum absolute atomic E-state index is 13.2. The summed E-state index contributed by atoms with van der Waals surface area (Å²) in [6.07, 6.45) is -9.09. The lowest BCUT2D eigenvalue weighted by Gasteiger charge is -2.12. The van der Waals surface area contributed by atoms with E-state index in [4.69, 9.17) is 0 Å². The average Bonchev–Trinajstić information content (AvgIpc) is 3.10. The van der Waals surface area contributed by atoms with Crippen LogP contribution in [0.25, 0.3) is 16.7 Å². The molecule has 0 aliphatic rings. The van der Waals surface area contributed by atoms with Crippen LogP contribution in [0.2, 0.25) is 0 Å². The quantitative estimate of drug-likeness (QED) is 0.358. The molecule has 0 saturated carbocycles. The van der Waals surface area contributed by atoms with Gasteiger partial charge in [-0.2, -0.15) is 26.3 Å². The van der Waals surface area contributed by atoms with Gasteiger partial charge in [-0.05, 0) is 54.1 Å². The number of imidazole rings is 1. The number of hydrogen-bond acceptors (Lipinski definition) is 2. The summed E-state index contributed by atoms with van der Waals surface area (Å²) >= 11 is 0. The van der Waals surface area contributed by atoms with Crippen LogP contribution in [0.4, 0.5) is 26.3 Å². The second-order valence-electron chi connectivity index (χ2n) is 7.29. The third kappa shape index (κ3) is 4.55. The van der Waals surface area contributed by atoms with Crippen LogP contribution >= 0.6 is 0 Å². The summed E-state index contributed by atoms with van der Waals surface area (Å²) in [5.41, 5.74) is -0.658. The summed E-state index contributed by atoms with van der Waals surface area (Å²) in [4.78, 5) is 15.7. The summed E-state index contributed by atoms with van der Waals surface area (Å²) in [5, 5.41) is 9.30. The summed E-state index contributed by atoms with van der Waals surface area (Å²) in [6, 6.07) is 13.1. The minimum absolute atomic E-state index is 0.00542. The highest BCUT2D eigenvalue weighted by atomic mass is 19.4. The highest BCUT2D eigenvalue weighted by Crippen LogP contribution is 2.33. The maximum atomic E-state index is 13.2. The van der Waals surface area contributed by atoms with Crippen LogP contribution in [0, 0.1) is 0 Å². The first-order chi connectivity index (χ1) is 15.4. The summed E-state index contributed by atoms with van der Waals surface area (Å²) in [7, 11) is 0. The van der Waals surface area contributed by atoms with Gasteiger partial charge in [0.05, 0.1) is 27.7 Å². The number of fused-ring (bicyclic) bond motifs is 1. The summed E-state index contributed by atoms with van der Waals surface area (Å²) < 4.78 is 79.6. The van der Waals surface area contributed by atoms with E-state index in [0.29, 0.717) is 16.8 Å². The first-order valence-electron chi connectivity index (χ1n) is 9.52. The van der Waals surface area contributed by atoms with Gasteiger partial charge in [-0.1, -0.05) is 18.2 Å². The molecule has 0 bridgehead atoms. The average molecular weight is 464 g/mol. The van der Waals surface area contributed by atoms with Crippen molar-refractivity contribution in [3.05, 3.63) is 94.8 Å². The molecule has 0 amide bonds. The maximum Gasteiger partial charge on any atom is 0.416 e. The van der Waals surface area contributed by atoms with Crippen molar-refractivity contribution in [2.75, 3.05) is 0 Å². The Hall–Kier alpha value is -3.82. The molecule has 1 heterocycles. The molecule has 3 aromatic carbocycles. The van der Waals surface area contributed by atoms with Crippen molar-refractivity contribution in [2.24, 2.45) is 0 Å². The molecule has 1 N–H and O–H groups in total. The molecule has 0 unspecified atom stereocenters. The number of benzene rings is 3. The van der Waals surface area contributed by atoms with E-state index in [-0.39, 0.29) is 23.3 Å². The Kier molecular flexibility index (Phi) is 5.39. The number of carboxylic acids is 1. The minimum Gasteiger partial charge on any atom is -0.478 e. The fraction of sp³-hybridized carbons (Fsp3) is 0.130. The largest absolute Gasteiger partial charge is 0.478 e. The zero-order valence-corrected chi connectivity index (χ0v) is 16.6. The van der Waals surface area contributed by atoms with Crippen molar-refractivity contribution < 1.29 is 36.2 Å². The summed E-state index contributed by atoms with van der Waals surface area (Å²) in [5.74, 6) is -0.948. The molecule has 33 heavy (non-hydrogen) atoms. The smallest absolute Gasteiger partial charge is 0.416 e. The zero-order valence-electron chi connectivity index (χ0n) is 16.6. The molecule has 4 rings (SSSR count). The highest BCUT2D eigenvalue weighted by molar-refractivity contribution is 5.88. The number of alkyl halides is 6. The van der Waals surface area contributed by atoms with E-state index in [1.54, 1.807) is 6.07 Å². The van der Waals surface area contributed by atoms with E-state index >= 15 is 0 Å². The molecule has 0 radical (unpaired) electrons. The fourth-order valence-corrected chi connectivity index (χ4v) is 3.49. The second-order valence-corrected chi connectivity index (χ2v) is 7.29. The molecule has 4 nitrogen and oxygen atoms in total. The van der Waals surface area contributed by atoms with Gasteiger partial charge in [-0.15, -0.1) is 0 Å². The second kappa shape index (κ2) is 7.95. The van der Waals surface area contributed by atoms with Gasteiger partial charge in [0, 0.05) is 12.1 Å². The number of rotatable bonds is 4. The number of hydrogen-bond donors (Lipinski definition) is 1. The fourth-order valence-electron chi connectivity index (χ4n) is 3.49. The van der Waals surface area contributed by atoms with Gasteiger partial charge >= 0.3 is 18.3 Å². The van der Waals surface area contributed by atoms with E-state index in [1.165, 1.54) is 41.0 Å². The van der Waals surface area contributed by atoms with Crippen LogP contribution < -0.4 is 0 Å². The number of halogens is 6. The Labute approximate surface area is 182 Å². The number of carbonyl (C=O) groups is 1. The van der Waals surface area contributed by atoms with Crippen LogP contribution in [0.3, 0.4) is 0 Å². The third-order valence-corrected chi connectivity index (χ3v) is 5.05. The van der Waals surface area contributed by atoms with Crippen LogP contribution in [0.5, 0.6) is 0 Å². The van der Waals surface area contributed by atoms with E-state index in [1.807, 2.05) is 0 Å². The Balaban J connectivity index is 1.86. The molecule has 0 aliphatic carbocycles. The lowest BCUT2D eigenvalue weighted by Crippen LogP contribution is -2.06. The molecular weight excluding hydrogens is 450 g/mol. The molecule has 4 aromatic rings. The van der Waals surface area contributed by atoms with E-state index in [2.05, 4.69) is 4.98 Å². The Morgan fingerprint density at radius 3 is 2.09 bits per heavy atom. The monoisotopic (exact) mass is 464 g/mol. The topological polar surface area (TPSA) is 55.1 Å². The van der Waals surface area contributed by atoms with Crippen molar-refractivity contribution in [1.82, 2.24) is 9.55 Å². The van der Waals surface area contributed by atoms with Crippen LogP contribution in [0.1, 0.15) is 32.9 Å². The van der Waals surface area contributed by atoms with Crippen molar-refractivity contribution >= 4 is 17.0 Å². The van der Waals surface area contributed by atoms with Gasteiger partial charge < -0.3 is 5.11 Å². The molecule has 0 saturated heterocycles. The number of aromatic carboxylic acids is 1. The standard InChI is InChI=1S/C23H14F6N2O2/c24-22(25,26)15-6-4-13(5-7-15)10-20-30-18-12-16(23(27,28)29)8-9-19(18)31(20)17-3-1-2-14(11-17)21(32)33/h1-9,11-12H,10H2,(H,32,33). The van der Waals surface area contributed by atoms with Crippen LogP contribution in [-0.4, -0.2) is 20.6 Å². The van der Waals surface area contributed by atoms with Gasteiger partial charge in [-0.3, -0.25) is 4.57 Å². The highest BCUT2D eigenvalue weighted by Gasteiger charge is 2.32. The molecule has 1 aromatic heterocycles. The number of nitrogens with zero attached hydrogens (tertiary/aromatic N) is 2. The Bertz CT molecular complexity index is 1340. The zero-order chi connectivity index (χ0) is 24.0. The van der Waals surface area contributed by atoms with Gasteiger partial charge in [0.15, 0.2) is 0 Å². The molecule has 0 spiro atoms. The molecule has 0 atom stereocenters. The molecule has 0 aliphatic heterocycles. The molecular formula is C23H14F6N2O2. The Morgan fingerprint density at radius 2 is 1.48 bits per heavy atom. The number of aromatic nitrogens is 2. The minimum atomic E-state index is -4.59. The van der Waals surface area contributed by atoms with Crippen molar-refractivity contribution in [3.63, 3.8) is 0 Å². The van der Waals surface area contributed by atoms with Gasteiger partial charge in [0.25, 0.3) is 0 Å². The lowest BCUT2D eigenvalue weighted by molar-refractivity contribution is -0.138. The summed E-state index contributed by atoms with van der Waals surface area (Å²) in [6.45, 7) is 0.